The van der Waals surface area contributed by atoms with Crippen molar-refractivity contribution >= 4 is 27.5 Å². The summed E-state index contributed by atoms with van der Waals surface area (Å²) in [6, 6.07) is 19.6. The van der Waals surface area contributed by atoms with E-state index >= 15 is 0 Å². The SMILES string of the molecule is CC(C)NC(=O)[C@H](Cc1ccccc1)N(Cc1ccccc1)C(=O)CN(c1ccc(F)c(F)c1)S(C)(=O)=O. The Morgan fingerprint density at radius 1 is 0.868 bits per heavy atom. The fraction of sp³-hybridized carbons (Fsp3) is 0.286. The smallest absolute Gasteiger partial charge is 0.244 e. The number of hydrogen-bond donors (Lipinski definition) is 1. The predicted molar refractivity (Wildman–Crippen MR) is 143 cm³/mol. The van der Waals surface area contributed by atoms with Gasteiger partial charge in [-0.3, -0.25) is 13.9 Å². The summed E-state index contributed by atoms with van der Waals surface area (Å²) in [7, 11) is -4.08. The van der Waals surface area contributed by atoms with Gasteiger partial charge in [0.25, 0.3) is 0 Å². The summed E-state index contributed by atoms with van der Waals surface area (Å²) in [5.41, 5.74) is 1.34. The second-order valence-corrected chi connectivity index (χ2v) is 11.2. The van der Waals surface area contributed by atoms with Gasteiger partial charge in [-0.25, -0.2) is 17.2 Å². The molecular weight excluding hydrogens is 512 g/mol. The number of hydrogen-bond acceptors (Lipinski definition) is 4. The second-order valence-electron chi connectivity index (χ2n) is 9.24. The minimum absolute atomic E-state index is 0.0259. The topological polar surface area (TPSA) is 86.8 Å². The Hall–Kier alpha value is -3.79. The second kappa shape index (κ2) is 12.6. The Balaban J connectivity index is 2.04. The maximum atomic E-state index is 14.0. The van der Waals surface area contributed by atoms with E-state index in [1.807, 2.05) is 36.4 Å². The Morgan fingerprint density at radius 3 is 1.97 bits per heavy atom. The van der Waals surface area contributed by atoms with Gasteiger partial charge in [0.15, 0.2) is 11.6 Å². The number of carbonyl (C=O) groups is 2. The van der Waals surface area contributed by atoms with E-state index in [0.717, 1.165) is 35.6 Å². The molecule has 0 radical (unpaired) electrons. The van der Waals surface area contributed by atoms with Crippen LogP contribution in [0.5, 0.6) is 0 Å². The monoisotopic (exact) mass is 543 g/mol. The van der Waals surface area contributed by atoms with Gasteiger partial charge in [-0.1, -0.05) is 60.7 Å². The van der Waals surface area contributed by atoms with Crippen LogP contribution in [0.1, 0.15) is 25.0 Å². The van der Waals surface area contributed by atoms with Gasteiger partial charge in [0.1, 0.15) is 12.6 Å². The summed E-state index contributed by atoms with van der Waals surface area (Å²) in [6.45, 7) is 2.92. The molecule has 0 saturated carbocycles. The number of sulfonamides is 1. The molecule has 3 aromatic carbocycles. The molecular formula is C28H31F2N3O4S. The van der Waals surface area contributed by atoms with E-state index in [0.29, 0.717) is 4.31 Å². The maximum Gasteiger partial charge on any atom is 0.244 e. The Kier molecular flexibility index (Phi) is 9.57. The summed E-state index contributed by atoms with van der Waals surface area (Å²) in [6.07, 6.45) is 1.05. The number of nitrogens with one attached hydrogen (secondary N) is 1. The molecule has 0 aliphatic carbocycles. The van der Waals surface area contributed by atoms with Crippen LogP contribution >= 0.6 is 0 Å². The van der Waals surface area contributed by atoms with Crippen molar-refractivity contribution in [1.82, 2.24) is 10.2 Å². The first-order chi connectivity index (χ1) is 18.0. The molecule has 10 heteroatoms. The van der Waals surface area contributed by atoms with Gasteiger partial charge in [-0.2, -0.15) is 0 Å². The lowest BCUT2D eigenvalue weighted by atomic mass is 10.0. The summed E-state index contributed by atoms with van der Waals surface area (Å²) in [5, 5.41) is 2.86. The first-order valence-corrected chi connectivity index (χ1v) is 13.9. The lowest BCUT2D eigenvalue weighted by molar-refractivity contribution is -0.140. The third kappa shape index (κ3) is 7.85. The highest BCUT2D eigenvalue weighted by atomic mass is 32.2. The van der Waals surface area contributed by atoms with Crippen molar-refractivity contribution in [3.63, 3.8) is 0 Å². The third-order valence-corrected chi connectivity index (χ3v) is 6.91. The molecule has 7 nitrogen and oxygen atoms in total. The predicted octanol–water partition coefficient (Wildman–Crippen LogP) is 3.90. The van der Waals surface area contributed by atoms with E-state index in [2.05, 4.69) is 5.32 Å². The van der Waals surface area contributed by atoms with Crippen LogP contribution < -0.4 is 9.62 Å². The Bertz CT molecular complexity index is 1350. The largest absolute Gasteiger partial charge is 0.352 e. The molecule has 0 fully saturated rings. The van der Waals surface area contributed by atoms with Crippen molar-refractivity contribution < 1.29 is 26.8 Å². The lowest BCUT2D eigenvalue weighted by Gasteiger charge is -2.34. The highest BCUT2D eigenvalue weighted by Gasteiger charge is 2.33. The summed E-state index contributed by atoms with van der Waals surface area (Å²) >= 11 is 0. The van der Waals surface area contributed by atoms with Crippen LogP contribution in [0.3, 0.4) is 0 Å². The van der Waals surface area contributed by atoms with Gasteiger partial charge in [0, 0.05) is 25.1 Å². The highest BCUT2D eigenvalue weighted by Crippen LogP contribution is 2.22. The van der Waals surface area contributed by atoms with Crippen LogP contribution in [0, 0.1) is 11.6 Å². The molecule has 0 unspecified atom stereocenters. The van der Waals surface area contributed by atoms with Crippen LogP contribution in [0.4, 0.5) is 14.5 Å². The van der Waals surface area contributed by atoms with Crippen LogP contribution in [-0.4, -0.2) is 50.0 Å². The number of carbonyl (C=O) groups excluding carboxylic acids is 2. The van der Waals surface area contributed by atoms with Gasteiger partial charge in [-0.05, 0) is 37.1 Å². The van der Waals surface area contributed by atoms with Crippen LogP contribution in [0.25, 0.3) is 0 Å². The highest BCUT2D eigenvalue weighted by molar-refractivity contribution is 7.92. The minimum atomic E-state index is -4.08. The quantitative estimate of drug-likeness (QED) is 0.398. The maximum absolute atomic E-state index is 14.0. The normalized spacial score (nSPS) is 12.2. The van der Waals surface area contributed by atoms with Crippen molar-refractivity contribution in [3.05, 3.63) is 102 Å². The van der Waals surface area contributed by atoms with Crippen molar-refractivity contribution in [2.75, 3.05) is 17.1 Å². The zero-order valence-electron chi connectivity index (χ0n) is 21.5. The Morgan fingerprint density at radius 2 is 1.45 bits per heavy atom. The van der Waals surface area contributed by atoms with E-state index in [1.54, 1.807) is 38.1 Å². The summed E-state index contributed by atoms with van der Waals surface area (Å²) in [5.74, 6) is -3.47. The molecule has 38 heavy (non-hydrogen) atoms. The van der Waals surface area contributed by atoms with Crippen molar-refractivity contribution in [1.29, 1.82) is 0 Å². The standard InChI is InChI=1S/C28H31F2N3O4S/c1-20(2)31-28(35)26(16-21-10-6-4-7-11-21)32(18-22-12-8-5-9-13-22)27(34)19-33(38(3,36)37)23-14-15-24(29)25(30)17-23/h4-15,17,20,26H,16,18-19H2,1-3H3,(H,31,35)/t26-/m0/s1. The van der Waals surface area contributed by atoms with Crippen LogP contribution in [0.15, 0.2) is 78.9 Å². The molecule has 0 bridgehead atoms. The zero-order valence-corrected chi connectivity index (χ0v) is 22.3. The molecule has 3 aromatic rings. The molecule has 0 spiro atoms. The molecule has 0 aliphatic rings. The molecule has 2 amide bonds. The van der Waals surface area contributed by atoms with E-state index in [9.17, 15) is 26.8 Å². The van der Waals surface area contributed by atoms with Crippen molar-refractivity contribution in [2.24, 2.45) is 0 Å². The molecule has 0 heterocycles. The molecule has 1 atom stereocenters. The average Bonchev–Trinajstić information content (AvgIpc) is 2.86. The Labute approximate surface area is 222 Å². The van der Waals surface area contributed by atoms with E-state index in [4.69, 9.17) is 0 Å². The van der Waals surface area contributed by atoms with Gasteiger partial charge < -0.3 is 10.2 Å². The molecule has 3 rings (SSSR count). The first kappa shape index (κ1) is 28.8. The number of amides is 2. The van der Waals surface area contributed by atoms with Crippen LogP contribution in [-0.2, 0) is 32.6 Å². The molecule has 0 aromatic heterocycles. The fourth-order valence-corrected chi connectivity index (χ4v) is 4.81. The number of benzene rings is 3. The third-order valence-electron chi connectivity index (χ3n) is 5.77. The van der Waals surface area contributed by atoms with Crippen molar-refractivity contribution in [2.45, 2.75) is 38.9 Å². The fourth-order valence-electron chi connectivity index (χ4n) is 3.97. The summed E-state index contributed by atoms with van der Waals surface area (Å²) in [4.78, 5) is 28.6. The molecule has 0 saturated heterocycles. The minimum Gasteiger partial charge on any atom is -0.352 e. The lowest BCUT2D eigenvalue weighted by Crippen LogP contribution is -2.54. The van der Waals surface area contributed by atoms with Crippen LogP contribution in [0.2, 0.25) is 0 Å². The van der Waals surface area contributed by atoms with Gasteiger partial charge in [0.2, 0.25) is 21.8 Å². The van der Waals surface area contributed by atoms with E-state index in [-0.39, 0.29) is 24.7 Å². The van der Waals surface area contributed by atoms with E-state index < -0.39 is 46.1 Å². The molecule has 1 N–H and O–H groups in total. The zero-order chi connectivity index (χ0) is 27.9. The van der Waals surface area contributed by atoms with E-state index in [1.165, 1.54) is 4.90 Å². The summed E-state index contributed by atoms with van der Waals surface area (Å²) < 4.78 is 53.5. The number of rotatable bonds is 11. The average molecular weight is 544 g/mol. The van der Waals surface area contributed by atoms with Crippen molar-refractivity contribution in [3.8, 4) is 0 Å². The number of halogens is 2. The number of anilines is 1. The first-order valence-electron chi connectivity index (χ1n) is 12.1. The number of nitrogens with zero attached hydrogens (tertiary/aromatic N) is 2. The van der Waals surface area contributed by atoms with Gasteiger partial charge in [0.05, 0.1) is 11.9 Å². The van der Waals surface area contributed by atoms with Gasteiger partial charge >= 0.3 is 0 Å². The van der Waals surface area contributed by atoms with Gasteiger partial charge in [-0.15, -0.1) is 0 Å². The molecule has 0 aliphatic heterocycles. The molecule has 202 valence electrons.